The highest BCUT2D eigenvalue weighted by molar-refractivity contribution is 6.30. The smallest absolute Gasteiger partial charge is 0.203 e. The van der Waals surface area contributed by atoms with Crippen LogP contribution in [0.25, 0.3) is 11.3 Å². The van der Waals surface area contributed by atoms with Crippen molar-refractivity contribution in [2.75, 3.05) is 5.32 Å². The minimum atomic E-state index is 0.610. The maximum absolute atomic E-state index is 5.92. The summed E-state index contributed by atoms with van der Waals surface area (Å²) in [5, 5.41) is 4.01. The lowest BCUT2D eigenvalue weighted by Gasteiger charge is -2.07. The van der Waals surface area contributed by atoms with Gasteiger partial charge in [0.15, 0.2) is 0 Å². The van der Waals surface area contributed by atoms with Crippen molar-refractivity contribution in [3.05, 3.63) is 59.1 Å². The summed E-state index contributed by atoms with van der Waals surface area (Å²) in [6.07, 6.45) is 1.85. The zero-order valence-corrected chi connectivity index (χ0v) is 12.7. The standard InChI is InChI=1S/C16H16ClN3O/c1-11-3-8-14(21-11)9-18-16-19-10-15(20(16)2)12-4-6-13(17)7-5-12/h3-8,10H,9H2,1-2H3,(H,18,19). The highest BCUT2D eigenvalue weighted by Gasteiger charge is 2.09. The van der Waals surface area contributed by atoms with Crippen LogP contribution >= 0.6 is 11.6 Å². The number of aryl methyl sites for hydroxylation is 1. The Morgan fingerprint density at radius 3 is 2.62 bits per heavy atom. The molecule has 5 heteroatoms. The lowest BCUT2D eigenvalue weighted by Crippen LogP contribution is -2.05. The lowest BCUT2D eigenvalue weighted by molar-refractivity contribution is 0.490. The predicted molar refractivity (Wildman–Crippen MR) is 84.4 cm³/mol. The number of aromatic nitrogens is 2. The molecule has 0 atom stereocenters. The first-order valence-electron chi connectivity index (χ1n) is 6.70. The molecule has 0 spiro atoms. The highest BCUT2D eigenvalue weighted by atomic mass is 35.5. The molecule has 3 aromatic rings. The van der Waals surface area contributed by atoms with Crippen LogP contribution in [0.2, 0.25) is 5.02 Å². The van der Waals surface area contributed by atoms with Gasteiger partial charge in [-0.2, -0.15) is 0 Å². The Balaban J connectivity index is 1.77. The van der Waals surface area contributed by atoms with Crippen LogP contribution in [0.5, 0.6) is 0 Å². The van der Waals surface area contributed by atoms with Gasteiger partial charge in [0.25, 0.3) is 0 Å². The molecule has 0 aliphatic heterocycles. The van der Waals surface area contributed by atoms with Crippen LogP contribution < -0.4 is 5.32 Å². The van der Waals surface area contributed by atoms with Gasteiger partial charge in [-0.3, -0.25) is 0 Å². The largest absolute Gasteiger partial charge is 0.465 e. The molecule has 1 N–H and O–H groups in total. The number of furan rings is 1. The van der Waals surface area contributed by atoms with E-state index in [4.69, 9.17) is 16.0 Å². The molecule has 0 fully saturated rings. The third-order valence-electron chi connectivity index (χ3n) is 3.34. The van der Waals surface area contributed by atoms with E-state index in [9.17, 15) is 0 Å². The van der Waals surface area contributed by atoms with Gasteiger partial charge in [-0.15, -0.1) is 0 Å². The molecule has 1 aromatic carbocycles. The van der Waals surface area contributed by atoms with Crippen molar-refractivity contribution in [3.8, 4) is 11.3 Å². The van der Waals surface area contributed by atoms with E-state index >= 15 is 0 Å². The SMILES string of the molecule is Cc1ccc(CNc2ncc(-c3ccc(Cl)cc3)n2C)o1. The maximum Gasteiger partial charge on any atom is 0.203 e. The first-order chi connectivity index (χ1) is 10.1. The number of imidazole rings is 1. The second kappa shape index (κ2) is 5.66. The van der Waals surface area contributed by atoms with Crippen LogP contribution in [0.4, 0.5) is 5.95 Å². The molecular weight excluding hydrogens is 286 g/mol. The van der Waals surface area contributed by atoms with Crippen molar-refractivity contribution < 1.29 is 4.42 Å². The number of nitrogens with one attached hydrogen (secondary N) is 1. The van der Waals surface area contributed by atoms with Gasteiger partial charge in [-0.1, -0.05) is 23.7 Å². The van der Waals surface area contributed by atoms with Crippen LogP contribution in [-0.4, -0.2) is 9.55 Å². The van der Waals surface area contributed by atoms with Gasteiger partial charge >= 0.3 is 0 Å². The fraction of sp³-hybridized carbons (Fsp3) is 0.188. The molecule has 2 heterocycles. The minimum absolute atomic E-state index is 0.610. The van der Waals surface area contributed by atoms with E-state index in [-0.39, 0.29) is 0 Å². The molecule has 2 aromatic heterocycles. The first kappa shape index (κ1) is 13.8. The zero-order valence-electron chi connectivity index (χ0n) is 11.9. The first-order valence-corrected chi connectivity index (χ1v) is 7.08. The monoisotopic (exact) mass is 301 g/mol. The molecular formula is C16H16ClN3O. The van der Waals surface area contributed by atoms with E-state index in [1.165, 1.54) is 0 Å². The van der Waals surface area contributed by atoms with E-state index in [2.05, 4.69) is 10.3 Å². The fourth-order valence-corrected chi connectivity index (χ4v) is 2.33. The van der Waals surface area contributed by atoms with E-state index in [1.54, 1.807) is 0 Å². The second-order valence-corrected chi connectivity index (χ2v) is 5.34. The van der Waals surface area contributed by atoms with E-state index < -0.39 is 0 Å². The number of rotatable bonds is 4. The Morgan fingerprint density at radius 1 is 1.19 bits per heavy atom. The van der Waals surface area contributed by atoms with Crippen LogP contribution in [0, 0.1) is 6.92 Å². The Bertz CT molecular complexity index is 743. The van der Waals surface area contributed by atoms with E-state index in [0.29, 0.717) is 6.54 Å². The molecule has 0 unspecified atom stereocenters. The molecule has 108 valence electrons. The van der Waals surface area contributed by atoms with Crippen LogP contribution in [0.15, 0.2) is 47.0 Å². The average Bonchev–Trinajstić information content (AvgIpc) is 3.04. The van der Waals surface area contributed by atoms with Crippen molar-refractivity contribution in [3.63, 3.8) is 0 Å². The van der Waals surface area contributed by atoms with Crippen LogP contribution in [-0.2, 0) is 13.6 Å². The summed E-state index contributed by atoms with van der Waals surface area (Å²) < 4.78 is 7.55. The molecule has 0 aliphatic rings. The zero-order chi connectivity index (χ0) is 14.8. The van der Waals surface area contributed by atoms with Crippen molar-refractivity contribution in [1.82, 2.24) is 9.55 Å². The number of halogens is 1. The van der Waals surface area contributed by atoms with Crippen molar-refractivity contribution in [1.29, 1.82) is 0 Å². The number of nitrogens with zero attached hydrogens (tertiary/aromatic N) is 2. The van der Waals surface area contributed by atoms with Crippen molar-refractivity contribution in [2.24, 2.45) is 7.05 Å². The molecule has 0 radical (unpaired) electrons. The number of anilines is 1. The predicted octanol–water partition coefficient (Wildman–Crippen LogP) is 4.25. The third-order valence-corrected chi connectivity index (χ3v) is 3.60. The molecule has 21 heavy (non-hydrogen) atoms. The molecule has 0 amide bonds. The van der Waals surface area contributed by atoms with Gasteiger partial charge in [0.1, 0.15) is 11.5 Å². The van der Waals surface area contributed by atoms with Gasteiger partial charge < -0.3 is 14.3 Å². The van der Waals surface area contributed by atoms with E-state index in [1.807, 2.05) is 61.1 Å². The second-order valence-electron chi connectivity index (χ2n) is 4.90. The Labute approximate surface area is 128 Å². The van der Waals surface area contributed by atoms with Gasteiger partial charge in [0.2, 0.25) is 5.95 Å². The molecule has 0 aliphatic carbocycles. The molecule has 3 rings (SSSR count). The third kappa shape index (κ3) is 2.95. The molecule has 0 saturated carbocycles. The lowest BCUT2D eigenvalue weighted by atomic mass is 10.2. The summed E-state index contributed by atoms with van der Waals surface area (Å²) in [4.78, 5) is 4.41. The summed E-state index contributed by atoms with van der Waals surface area (Å²) in [6, 6.07) is 11.6. The van der Waals surface area contributed by atoms with Crippen molar-refractivity contribution in [2.45, 2.75) is 13.5 Å². The van der Waals surface area contributed by atoms with Gasteiger partial charge in [-0.25, -0.2) is 4.98 Å². The summed E-state index contributed by atoms with van der Waals surface area (Å²) >= 11 is 5.92. The fourth-order valence-electron chi connectivity index (χ4n) is 2.21. The summed E-state index contributed by atoms with van der Waals surface area (Å²) in [5.41, 5.74) is 2.11. The molecule has 4 nitrogen and oxygen atoms in total. The summed E-state index contributed by atoms with van der Waals surface area (Å²) in [7, 11) is 1.98. The normalized spacial score (nSPS) is 10.8. The number of hydrogen-bond acceptors (Lipinski definition) is 3. The number of hydrogen-bond donors (Lipinski definition) is 1. The average molecular weight is 302 g/mol. The molecule has 0 saturated heterocycles. The Morgan fingerprint density at radius 2 is 1.95 bits per heavy atom. The van der Waals surface area contributed by atoms with Crippen LogP contribution in [0.3, 0.4) is 0 Å². The Kier molecular flexibility index (Phi) is 3.71. The van der Waals surface area contributed by atoms with Crippen molar-refractivity contribution >= 4 is 17.5 Å². The maximum atomic E-state index is 5.92. The number of benzene rings is 1. The topological polar surface area (TPSA) is 43.0 Å². The Hall–Kier alpha value is -2.20. The van der Waals surface area contributed by atoms with Crippen LogP contribution in [0.1, 0.15) is 11.5 Å². The quantitative estimate of drug-likeness (QED) is 0.783. The van der Waals surface area contributed by atoms with E-state index in [0.717, 1.165) is 33.7 Å². The van der Waals surface area contributed by atoms with Gasteiger partial charge in [-0.05, 0) is 36.8 Å². The van der Waals surface area contributed by atoms with Gasteiger partial charge in [0.05, 0.1) is 18.4 Å². The summed E-state index contributed by atoms with van der Waals surface area (Å²) in [6.45, 7) is 2.54. The highest BCUT2D eigenvalue weighted by Crippen LogP contribution is 2.23. The molecule has 0 bridgehead atoms. The van der Waals surface area contributed by atoms with Gasteiger partial charge in [0, 0.05) is 12.1 Å². The minimum Gasteiger partial charge on any atom is -0.465 e. The summed E-state index contributed by atoms with van der Waals surface area (Å²) in [5.74, 6) is 2.60.